The molecule has 21 heavy (non-hydrogen) atoms. The number of aryl methyl sites for hydroxylation is 1. The fraction of sp³-hybridized carbons (Fsp3) is 0.667. The Bertz CT molecular complexity index is 499. The van der Waals surface area contributed by atoms with Gasteiger partial charge in [0.15, 0.2) is 0 Å². The van der Waals surface area contributed by atoms with E-state index in [1.807, 2.05) is 33.8 Å². The quantitative estimate of drug-likeness (QED) is 0.925. The number of carbonyl (C=O) groups is 1. The van der Waals surface area contributed by atoms with E-state index in [0.29, 0.717) is 6.54 Å². The average molecular weight is 292 g/mol. The van der Waals surface area contributed by atoms with Gasteiger partial charge in [-0.3, -0.25) is 0 Å². The van der Waals surface area contributed by atoms with E-state index in [2.05, 4.69) is 20.2 Å². The minimum Gasteiger partial charge on any atom is -0.444 e. The van der Waals surface area contributed by atoms with Gasteiger partial charge in [0.25, 0.3) is 0 Å². The minimum absolute atomic E-state index is 0.256. The summed E-state index contributed by atoms with van der Waals surface area (Å²) in [4.78, 5) is 22.5. The van der Waals surface area contributed by atoms with E-state index in [0.717, 1.165) is 31.0 Å². The number of amides is 1. The van der Waals surface area contributed by atoms with Crippen molar-refractivity contribution < 1.29 is 9.53 Å². The van der Waals surface area contributed by atoms with Crippen LogP contribution in [0.25, 0.3) is 0 Å². The first-order valence-corrected chi connectivity index (χ1v) is 7.38. The van der Waals surface area contributed by atoms with Crippen LogP contribution < -0.4 is 10.2 Å². The lowest BCUT2D eigenvalue weighted by atomic mass is 10.2. The zero-order chi connectivity index (χ0) is 15.5. The summed E-state index contributed by atoms with van der Waals surface area (Å²) in [6.07, 6.45) is 3.55. The van der Waals surface area contributed by atoms with Gasteiger partial charge in [-0.2, -0.15) is 0 Å². The highest BCUT2D eigenvalue weighted by atomic mass is 16.6. The fourth-order valence-corrected chi connectivity index (χ4v) is 2.47. The van der Waals surface area contributed by atoms with Crippen molar-refractivity contribution in [3.8, 4) is 0 Å². The molecule has 0 bridgehead atoms. The Morgan fingerprint density at radius 3 is 2.95 bits per heavy atom. The van der Waals surface area contributed by atoms with Crippen molar-refractivity contribution in [3.63, 3.8) is 0 Å². The van der Waals surface area contributed by atoms with Gasteiger partial charge in [-0.1, -0.05) is 0 Å². The number of nitrogens with one attached hydrogen (secondary N) is 1. The van der Waals surface area contributed by atoms with Crippen molar-refractivity contribution in [2.24, 2.45) is 0 Å². The maximum Gasteiger partial charge on any atom is 0.407 e. The molecule has 0 aromatic carbocycles. The third-order valence-corrected chi connectivity index (χ3v) is 3.31. The maximum absolute atomic E-state index is 11.7. The molecule has 0 radical (unpaired) electrons. The lowest BCUT2D eigenvalue weighted by Crippen LogP contribution is -2.42. The Kier molecular flexibility index (Phi) is 4.65. The molecule has 6 heteroatoms. The summed E-state index contributed by atoms with van der Waals surface area (Å²) in [6.45, 7) is 8.98. The van der Waals surface area contributed by atoms with Crippen LogP contribution in [0.2, 0.25) is 0 Å². The molecule has 1 aromatic heterocycles. The van der Waals surface area contributed by atoms with Crippen LogP contribution in [0.4, 0.5) is 10.6 Å². The Labute approximate surface area is 125 Å². The standard InChI is InChI=1S/C15H24N4O2/c1-11-16-8-7-13(18-11)19-9-5-6-12(19)10-17-14(20)21-15(2,3)4/h7-8,12H,5-6,9-10H2,1-4H3,(H,17,20). The molecule has 1 aliphatic heterocycles. The van der Waals surface area contributed by atoms with Gasteiger partial charge in [-0.25, -0.2) is 14.8 Å². The van der Waals surface area contributed by atoms with Crippen molar-refractivity contribution in [2.45, 2.75) is 52.2 Å². The molecule has 2 rings (SSSR count). The third-order valence-electron chi connectivity index (χ3n) is 3.31. The maximum atomic E-state index is 11.7. The van der Waals surface area contributed by atoms with Crippen LogP contribution in [0, 0.1) is 6.92 Å². The number of hydrogen-bond donors (Lipinski definition) is 1. The lowest BCUT2D eigenvalue weighted by molar-refractivity contribution is 0.0525. The molecule has 2 heterocycles. The monoisotopic (exact) mass is 292 g/mol. The van der Waals surface area contributed by atoms with Crippen LogP contribution in [-0.4, -0.2) is 40.8 Å². The van der Waals surface area contributed by atoms with Gasteiger partial charge >= 0.3 is 6.09 Å². The number of aromatic nitrogens is 2. The van der Waals surface area contributed by atoms with Crippen molar-refractivity contribution in [1.82, 2.24) is 15.3 Å². The van der Waals surface area contributed by atoms with Crippen molar-refractivity contribution in [1.29, 1.82) is 0 Å². The Balaban J connectivity index is 1.92. The number of rotatable bonds is 3. The van der Waals surface area contributed by atoms with Crippen molar-refractivity contribution >= 4 is 11.9 Å². The molecule has 1 aliphatic rings. The minimum atomic E-state index is -0.469. The van der Waals surface area contributed by atoms with Gasteiger partial charge < -0.3 is 15.0 Å². The van der Waals surface area contributed by atoms with Crippen LogP contribution in [0.5, 0.6) is 0 Å². The SMILES string of the molecule is Cc1nccc(N2CCCC2CNC(=O)OC(C)(C)C)n1. The highest BCUT2D eigenvalue weighted by Gasteiger charge is 2.27. The first-order valence-electron chi connectivity index (χ1n) is 7.38. The van der Waals surface area contributed by atoms with E-state index in [-0.39, 0.29) is 12.1 Å². The van der Waals surface area contributed by atoms with Crippen molar-refractivity contribution in [3.05, 3.63) is 18.1 Å². The van der Waals surface area contributed by atoms with Gasteiger partial charge in [0.1, 0.15) is 17.2 Å². The van der Waals surface area contributed by atoms with Crippen LogP contribution in [-0.2, 0) is 4.74 Å². The summed E-state index contributed by atoms with van der Waals surface area (Å²) in [6, 6.07) is 2.17. The van der Waals surface area contributed by atoms with Crippen LogP contribution in [0.15, 0.2) is 12.3 Å². The normalized spacial score (nSPS) is 18.7. The molecule has 1 unspecified atom stereocenters. The second-order valence-electron chi connectivity index (χ2n) is 6.33. The zero-order valence-corrected chi connectivity index (χ0v) is 13.2. The van der Waals surface area contributed by atoms with E-state index >= 15 is 0 Å². The number of nitrogens with zero attached hydrogens (tertiary/aromatic N) is 3. The third kappa shape index (κ3) is 4.58. The number of carbonyl (C=O) groups excluding carboxylic acids is 1. The van der Waals surface area contributed by atoms with Gasteiger partial charge in [-0.05, 0) is 46.6 Å². The highest BCUT2D eigenvalue weighted by Crippen LogP contribution is 2.23. The molecule has 1 N–H and O–H groups in total. The highest BCUT2D eigenvalue weighted by molar-refractivity contribution is 5.67. The summed E-state index contributed by atoms with van der Waals surface area (Å²) in [5.74, 6) is 1.69. The van der Waals surface area contributed by atoms with Crippen LogP contribution >= 0.6 is 0 Å². The Hall–Kier alpha value is -1.85. The molecular weight excluding hydrogens is 268 g/mol. The van der Waals surface area contributed by atoms with Gasteiger partial charge in [0, 0.05) is 25.3 Å². The molecule has 6 nitrogen and oxygen atoms in total. The number of alkyl carbamates (subject to hydrolysis) is 1. The summed E-state index contributed by atoms with van der Waals surface area (Å²) in [7, 11) is 0. The van der Waals surface area contributed by atoms with Crippen LogP contribution in [0.3, 0.4) is 0 Å². The molecule has 116 valence electrons. The predicted molar refractivity (Wildman–Crippen MR) is 81.4 cm³/mol. The summed E-state index contributed by atoms with van der Waals surface area (Å²) >= 11 is 0. The molecule has 0 saturated carbocycles. The molecule has 1 fully saturated rings. The molecule has 0 spiro atoms. The average Bonchev–Trinajstić information content (AvgIpc) is 2.82. The van der Waals surface area contributed by atoms with E-state index in [1.165, 1.54) is 0 Å². The summed E-state index contributed by atoms with van der Waals surface area (Å²) in [5, 5.41) is 2.85. The van der Waals surface area contributed by atoms with E-state index in [1.54, 1.807) is 6.20 Å². The van der Waals surface area contributed by atoms with Crippen LogP contribution in [0.1, 0.15) is 39.4 Å². The van der Waals surface area contributed by atoms with Gasteiger partial charge in [-0.15, -0.1) is 0 Å². The first-order chi connectivity index (χ1) is 9.85. The van der Waals surface area contributed by atoms with Crippen molar-refractivity contribution in [2.75, 3.05) is 18.0 Å². The molecular formula is C15H24N4O2. The fourth-order valence-electron chi connectivity index (χ4n) is 2.47. The molecule has 1 saturated heterocycles. The first kappa shape index (κ1) is 15.5. The van der Waals surface area contributed by atoms with Gasteiger partial charge in [0.05, 0.1) is 0 Å². The molecule has 1 amide bonds. The largest absolute Gasteiger partial charge is 0.444 e. The topological polar surface area (TPSA) is 67.4 Å². The summed E-state index contributed by atoms with van der Waals surface area (Å²) in [5.41, 5.74) is -0.469. The second kappa shape index (κ2) is 6.28. The zero-order valence-electron chi connectivity index (χ0n) is 13.2. The molecule has 1 atom stereocenters. The van der Waals surface area contributed by atoms with Gasteiger partial charge in [0.2, 0.25) is 0 Å². The number of hydrogen-bond acceptors (Lipinski definition) is 5. The number of ether oxygens (including phenoxy) is 1. The molecule has 1 aromatic rings. The predicted octanol–water partition coefficient (Wildman–Crippen LogP) is 2.28. The van der Waals surface area contributed by atoms with E-state index < -0.39 is 5.60 Å². The summed E-state index contributed by atoms with van der Waals surface area (Å²) < 4.78 is 5.26. The smallest absolute Gasteiger partial charge is 0.407 e. The Morgan fingerprint density at radius 1 is 1.52 bits per heavy atom. The molecule has 0 aliphatic carbocycles. The van der Waals surface area contributed by atoms with E-state index in [9.17, 15) is 4.79 Å². The lowest BCUT2D eigenvalue weighted by Gasteiger charge is -2.27. The second-order valence-corrected chi connectivity index (χ2v) is 6.33. The number of anilines is 1. The van der Waals surface area contributed by atoms with E-state index in [4.69, 9.17) is 4.74 Å². The Morgan fingerprint density at radius 2 is 2.29 bits per heavy atom.